The van der Waals surface area contributed by atoms with Gasteiger partial charge in [0.2, 0.25) is 5.89 Å². The third kappa shape index (κ3) is 2.94. The highest BCUT2D eigenvalue weighted by Crippen LogP contribution is 2.23. The topological polar surface area (TPSA) is 100 Å². The predicted molar refractivity (Wildman–Crippen MR) is 72.2 cm³/mol. The SMILES string of the molecule is O=S(=O)(Nc1nnc(C2CCCN2)o1)N1CCCCC1. The number of hydrogen-bond acceptors (Lipinski definition) is 6. The van der Waals surface area contributed by atoms with Crippen LogP contribution in [-0.4, -0.2) is 42.6 Å². The highest BCUT2D eigenvalue weighted by molar-refractivity contribution is 7.90. The molecule has 3 rings (SSSR count). The Kier molecular flexibility index (Phi) is 3.90. The van der Waals surface area contributed by atoms with Crippen molar-refractivity contribution in [3.05, 3.63) is 5.89 Å². The molecule has 20 heavy (non-hydrogen) atoms. The van der Waals surface area contributed by atoms with E-state index in [4.69, 9.17) is 4.42 Å². The van der Waals surface area contributed by atoms with Crippen molar-refractivity contribution >= 4 is 16.2 Å². The smallest absolute Gasteiger partial charge is 0.330 e. The molecule has 2 aliphatic heterocycles. The molecule has 0 saturated carbocycles. The molecule has 0 amide bonds. The summed E-state index contributed by atoms with van der Waals surface area (Å²) in [5.41, 5.74) is 0. The van der Waals surface area contributed by atoms with E-state index < -0.39 is 10.2 Å². The number of piperidine rings is 1. The number of anilines is 1. The average Bonchev–Trinajstić information content (AvgIpc) is 3.10. The van der Waals surface area contributed by atoms with Crippen molar-refractivity contribution in [2.45, 2.75) is 38.1 Å². The van der Waals surface area contributed by atoms with Gasteiger partial charge in [-0.2, -0.15) is 12.7 Å². The highest BCUT2D eigenvalue weighted by Gasteiger charge is 2.27. The standard InChI is InChI=1S/C11H19N5O3S/c17-20(18,16-7-2-1-3-8-16)15-11-14-13-10(19-11)9-5-4-6-12-9/h9,12H,1-8H2,(H,14,15). The van der Waals surface area contributed by atoms with E-state index in [0.29, 0.717) is 19.0 Å². The molecule has 0 aromatic carbocycles. The zero-order chi connectivity index (χ0) is 14.0. The summed E-state index contributed by atoms with van der Waals surface area (Å²) < 4.78 is 33.5. The lowest BCUT2D eigenvalue weighted by Crippen LogP contribution is -2.39. The van der Waals surface area contributed by atoms with Crippen molar-refractivity contribution in [3.8, 4) is 0 Å². The molecule has 1 aromatic heterocycles. The predicted octanol–water partition coefficient (Wildman–Crippen LogP) is 0.637. The molecule has 0 bridgehead atoms. The number of nitrogens with one attached hydrogen (secondary N) is 2. The minimum absolute atomic E-state index is 0.0377. The van der Waals surface area contributed by atoms with Gasteiger partial charge in [0, 0.05) is 13.1 Å². The fourth-order valence-electron chi connectivity index (χ4n) is 2.59. The highest BCUT2D eigenvalue weighted by atomic mass is 32.2. The lowest BCUT2D eigenvalue weighted by molar-refractivity contribution is 0.348. The molecule has 0 aliphatic carbocycles. The number of rotatable bonds is 4. The van der Waals surface area contributed by atoms with Crippen LogP contribution in [0.15, 0.2) is 4.42 Å². The molecule has 1 aromatic rings. The first kappa shape index (κ1) is 13.8. The normalized spacial score (nSPS) is 24.9. The summed E-state index contributed by atoms with van der Waals surface area (Å²) in [6.45, 7) is 2.00. The Hall–Kier alpha value is -1.19. The van der Waals surface area contributed by atoms with Gasteiger partial charge in [-0.1, -0.05) is 11.5 Å². The summed E-state index contributed by atoms with van der Waals surface area (Å²) in [6, 6.07) is -0.0185. The van der Waals surface area contributed by atoms with E-state index in [1.165, 1.54) is 4.31 Å². The van der Waals surface area contributed by atoms with E-state index in [1.807, 2.05) is 0 Å². The minimum atomic E-state index is -3.58. The van der Waals surface area contributed by atoms with E-state index in [0.717, 1.165) is 38.6 Å². The van der Waals surface area contributed by atoms with Gasteiger partial charge in [0.1, 0.15) is 0 Å². The van der Waals surface area contributed by atoms with Crippen LogP contribution in [0.25, 0.3) is 0 Å². The molecule has 3 heterocycles. The summed E-state index contributed by atoms with van der Waals surface area (Å²) in [5, 5.41) is 10.9. The van der Waals surface area contributed by atoms with Gasteiger partial charge >= 0.3 is 16.2 Å². The molecular formula is C11H19N5O3S. The second kappa shape index (κ2) is 5.66. The van der Waals surface area contributed by atoms with Crippen molar-refractivity contribution < 1.29 is 12.8 Å². The first-order chi connectivity index (χ1) is 9.65. The zero-order valence-corrected chi connectivity index (χ0v) is 12.0. The monoisotopic (exact) mass is 301 g/mol. The summed E-state index contributed by atoms with van der Waals surface area (Å²) >= 11 is 0. The van der Waals surface area contributed by atoms with Crippen molar-refractivity contribution in [3.63, 3.8) is 0 Å². The molecule has 112 valence electrons. The lowest BCUT2D eigenvalue weighted by Gasteiger charge is -2.25. The third-order valence-corrected chi connectivity index (χ3v) is 5.15. The van der Waals surface area contributed by atoms with E-state index in [1.54, 1.807) is 0 Å². The molecule has 0 spiro atoms. The molecule has 0 radical (unpaired) electrons. The Morgan fingerprint density at radius 2 is 2.00 bits per heavy atom. The van der Waals surface area contributed by atoms with Crippen molar-refractivity contribution in [1.82, 2.24) is 19.8 Å². The fraction of sp³-hybridized carbons (Fsp3) is 0.818. The molecule has 2 fully saturated rings. The van der Waals surface area contributed by atoms with Crippen LogP contribution in [0.1, 0.15) is 44.0 Å². The summed E-state index contributed by atoms with van der Waals surface area (Å²) in [6.07, 6.45) is 4.84. The second-order valence-electron chi connectivity index (χ2n) is 5.16. The van der Waals surface area contributed by atoms with E-state index >= 15 is 0 Å². The number of nitrogens with zero attached hydrogens (tertiary/aromatic N) is 3. The largest absolute Gasteiger partial charge is 0.406 e. The van der Waals surface area contributed by atoms with E-state index in [-0.39, 0.29) is 12.1 Å². The Bertz CT molecular complexity index is 546. The van der Waals surface area contributed by atoms with Gasteiger partial charge in [-0.25, -0.2) is 4.72 Å². The zero-order valence-electron chi connectivity index (χ0n) is 11.2. The van der Waals surface area contributed by atoms with Gasteiger partial charge in [-0.3, -0.25) is 0 Å². The number of aromatic nitrogens is 2. The summed E-state index contributed by atoms with van der Waals surface area (Å²) in [4.78, 5) is 0. The van der Waals surface area contributed by atoms with Gasteiger partial charge in [0.05, 0.1) is 6.04 Å². The fourth-order valence-corrected chi connectivity index (χ4v) is 3.76. The van der Waals surface area contributed by atoms with Gasteiger partial charge in [-0.05, 0) is 32.2 Å². The maximum absolute atomic E-state index is 12.2. The molecule has 2 N–H and O–H groups in total. The van der Waals surface area contributed by atoms with Crippen LogP contribution >= 0.6 is 0 Å². The van der Waals surface area contributed by atoms with Gasteiger partial charge in [-0.15, -0.1) is 5.10 Å². The van der Waals surface area contributed by atoms with E-state index in [9.17, 15) is 8.42 Å². The van der Waals surface area contributed by atoms with Gasteiger partial charge in [0.25, 0.3) is 0 Å². The minimum Gasteiger partial charge on any atom is -0.406 e. The van der Waals surface area contributed by atoms with Crippen LogP contribution in [0.2, 0.25) is 0 Å². The second-order valence-corrected chi connectivity index (χ2v) is 6.83. The van der Waals surface area contributed by atoms with Crippen LogP contribution in [0.4, 0.5) is 6.01 Å². The maximum Gasteiger partial charge on any atom is 0.330 e. The van der Waals surface area contributed by atoms with E-state index in [2.05, 4.69) is 20.2 Å². The van der Waals surface area contributed by atoms with Crippen LogP contribution < -0.4 is 10.0 Å². The van der Waals surface area contributed by atoms with Gasteiger partial charge < -0.3 is 9.73 Å². The molecule has 8 nitrogen and oxygen atoms in total. The summed E-state index contributed by atoms with van der Waals surface area (Å²) in [5.74, 6) is 0.443. The molecule has 1 unspecified atom stereocenters. The van der Waals surface area contributed by atoms with Crippen LogP contribution in [0.5, 0.6) is 0 Å². The Morgan fingerprint density at radius 3 is 2.70 bits per heavy atom. The maximum atomic E-state index is 12.2. The number of hydrogen-bond donors (Lipinski definition) is 2. The van der Waals surface area contributed by atoms with Crippen LogP contribution in [0, 0.1) is 0 Å². The average molecular weight is 301 g/mol. The lowest BCUT2D eigenvalue weighted by atomic mass is 10.2. The first-order valence-electron chi connectivity index (χ1n) is 7.00. The third-order valence-electron chi connectivity index (χ3n) is 3.67. The molecule has 2 aliphatic rings. The van der Waals surface area contributed by atoms with Crippen molar-refractivity contribution in [2.24, 2.45) is 0 Å². The van der Waals surface area contributed by atoms with Crippen LogP contribution in [0.3, 0.4) is 0 Å². The van der Waals surface area contributed by atoms with Crippen molar-refractivity contribution in [2.75, 3.05) is 24.4 Å². The molecule has 2 saturated heterocycles. The first-order valence-corrected chi connectivity index (χ1v) is 8.44. The van der Waals surface area contributed by atoms with Crippen molar-refractivity contribution in [1.29, 1.82) is 0 Å². The Balaban J connectivity index is 1.67. The van der Waals surface area contributed by atoms with Gasteiger partial charge in [0.15, 0.2) is 0 Å². The Morgan fingerprint density at radius 1 is 1.20 bits per heavy atom. The molecule has 1 atom stereocenters. The molecular weight excluding hydrogens is 282 g/mol. The summed E-state index contributed by atoms with van der Waals surface area (Å²) in [7, 11) is -3.58. The van der Waals surface area contributed by atoms with Crippen LogP contribution in [-0.2, 0) is 10.2 Å². The molecule has 9 heteroatoms. The quantitative estimate of drug-likeness (QED) is 0.846. The Labute approximate surface area is 118 Å².